The quantitative estimate of drug-likeness (QED) is 0.00671. The van der Waals surface area contributed by atoms with Crippen molar-refractivity contribution in [2.24, 2.45) is 27.1 Å². The van der Waals surface area contributed by atoms with Gasteiger partial charge in [0, 0.05) is 97.7 Å². The Labute approximate surface area is 742 Å². The molecule has 1 aliphatic rings. The number of hydrogen-bond donors (Lipinski definition) is 6. The molecule has 1 aromatic rings. The van der Waals surface area contributed by atoms with Gasteiger partial charge < -0.3 is 97.6 Å². The number of carbonyl (C=O) groups excluding carboxylic acids is 9. The number of thioether (sulfide) groups is 2. The van der Waals surface area contributed by atoms with Crippen LogP contribution in [0.3, 0.4) is 0 Å². The van der Waals surface area contributed by atoms with E-state index in [0.717, 1.165) is 24.6 Å². The fourth-order valence-electron chi connectivity index (χ4n) is 14.6. The van der Waals surface area contributed by atoms with E-state index < -0.39 is 167 Å². The van der Waals surface area contributed by atoms with Gasteiger partial charge in [-0.3, -0.25) is 43.2 Å². The maximum Gasteiger partial charge on any atom is 0.407 e. The Hall–Kier alpha value is -4.94. The lowest BCUT2D eigenvalue weighted by Gasteiger charge is -2.46. The third kappa shape index (κ3) is 43.9. The molecular formula is C84H142N5O26PS5. The number of rotatable bonds is 65. The molecule has 2 amide bonds. The number of aliphatic hydroxyl groups is 3. The van der Waals surface area contributed by atoms with Gasteiger partial charge in [0.2, 0.25) is 11.4 Å². The number of aliphatic carboxylic acids is 1. The maximum absolute atomic E-state index is 15.8. The zero-order valence-electron chi connectivity index (χ0n) is 74.4. The van der Waals surface area contributed by atoms with Gasteiger partial charge in [-0.2, -0.15) is 9.90 Å². The highest BCUT2D eigenvalue weighted by Crippen LogP contribution is 2.56. The first kappa shape index (κ1) is 114. The number of nitrogens with zero attached hydrogens (tertiary/aromatic N) is 3. The van der Waals surface area contributed by atoms with Crippen LogP contribution >= 0.6 is 67.2 Å². The molecule has 0 aliphatic carbocycles. The number of methoxy groups -OCH3 is 1. The number of likely N-dealkylation sites (N-methyl/N-ethyl adjacent to an activating group) is 1. The number of carboxylic acid groups (broad SMARTS) is 1. The van der Waals surface area contributed by atoms with Crippen LogP contribution < -0.4 is 10.6 Å². The number of aromatic nitrogens is 1. The molecule has 1 fully saturated rings. The normalized spacial score (nSPS) is 18.9. The molecule has 31 nitrogen and oxygen atoms in total. The second kappa shape index (κ2) is 59.2. The third-order valence-corrected chi connectivity index (χ3v) is 25.0. The minimum atomic E-state index is -2.03. The smallest absolute Gasteiger partial charge is 0.407 e. The number of carboxylic acids is 1. The van der Waals surface area contributed by atoms with E-state index in [4.69, 9.17) is 75.6 Å². The summed E-state index contributed by atoms with van der Waals surface area (Å²) in [5, 5.41) is 47.6. The number of aliphatic hydroxyl groups excluding tert-OH is 3. The van der Waals surface area contributed by atoms with E-state index in [1.165, 1.54) is 75.1 Å². The van der Waals surface area contributed by atoms with Crippen molar-refractivity contribution in [1.82, 2.24) is 20.5 Å². The van der Waals surface area contributed by atoms with Crippen molar-refractivity contribution >= 4 is 130 Å². The second-order valence-electron chi connectivity index (χ2n) is 33.4. The van der Waals surface area contributed by atoms with Crippen LogP contribution in [0.1, 0.15) is 218 Å². The average molecular weight is 1830 g/mol. The topological polar surface area (TPSA) is 407 Å². The molecule has 2 heterocycles. The van der Waals surface area contributed by atoms with Crippen LogP contribution in [0.25, 0.3) is 4.85 Å². The largest absolute Gasteiger partial charge is 0.480 e. The average Bonchev–Trinajstić information content (AvgIpc) is 0.753. The van der Waals surface area contributed by atoms with E-state index in [2.05, 4.69) is 20.5 Å². The van der Waals surface area contributed by atoms with Gasteiger partial charge in [-0.1, -0.05) is 87.3 Å². The molecule has 0 aromatic carbocycles. The first-order valence-electron chi connectivity index (χ1n) is 41.5. The number of thiocarbonyl (C=S) groups is 1. The van der Waals surface area contributed by atoms with Crippen LogP contribution in [0, 0.1) is 33.6 Å². The summed E-state index contributed by atoms with van der Waals surface area (Å²) in [5.41, 5.74) is -12.0. The van der Waals surface area contributed by atoms with Crippen molar-refractivity contribution in [2.45, 2.75) is 270 Å². The summed E-state index contributed by atoms with van der Waals surface area (Å²) in [6.07, 6.45) is -1.86. The van der Waals surface area contributed by atoms with Crippen LogP contribution in [0.15, 0.2) is 29.4 Å². The second-order valence-corrected chi connectivity index (χ2v) is 39.7. The predicted octanol–water partition coefficient (Wildman–Crippen LogP) is 11.6. The number of carbonyl (C=O) groups is 10. The monoisotopic (exact) mass is 1830 g/mol. The summed E-state index contributed by atoms with van der Waals surface area (Å²) in [5.74, 6) is -5.50. The fraction of sp³-hybridized carbons (Fsp3) is 0.798. The minimum Gasteiger partial charge on any atom is -0.480 e. The molecule has 0 radical (unpaired) electrons. The minimum absolute atomic E-state index is 0. The third-order valence-electron chi connectivity index (χ3n) is 19.9. The lowest BCUT2D eigenvalue weighted by atomic mass is 9.58. The zero-order valence-corrected chi connectivity index (χ0v) is 79.9. The molecule has 1 aromatic heterocycles. The van der Waals surface area contributed by atoms with E-state index in [0.29, 0.717) is 59.3 Å². The fourth-order valence-corrected chi connectivity index (χ4v) is 19.5. The van der Waals surface area contributed by atoms with Gasteiger partial charge in [0.15, 0.2) is 6.29 Å². The van der Waals surface area contributed by atoms with Crippen LogP contribution in [-0.4, -0.2) is 278 Å². The molecule has 0 saturated carbocycles. The lowest BCUT2D eigenvalue weighted by Crippen LogP contribution is -2.64. The Bertz CT molecular complexity index is 3350. The van der Waals surface area contributed by atoms with E-state index >= 15 is 24.0 Å². The molecule has 1 saturated heterocycles. The number of ketones is 2. The molecule has 37 heteroatoms. The van der Waals surface area contributed by atoms with Crippen LogP contribution in [0.4, 0.5) is 4.79 Å². The Kier molecular flexibility index (Phi) is 55.8. The summed E-state index contributed by atoms with van der Waals surface area (Å²) in [6.45, 7) is 29.3. The Morgan fingerprint density at radius 1 is 0.612 bits per heavy atom. The maximum atomic E-state index is 15.8. The summed E-state index contributed by atoms with van der Waals surface area (Å²) in [4.78, 5) is 153. The Morgan fingerprint density at radius 3 is 1.69 bits per heavy atom. The molecular weight excluding hydrogens is 1690 g/mol. The van der Waals surface area contributed by atoms with E-state index in [1.54, 1.807) is 65.9 Å². The van der Waals surface area contributed by atoms with Gasteiger partial charge in [-0.15, -0.1) is 11.8 Å². The molecule has 6 N–H and O–H groups in total. The van der Waals surface area contributed by atoms with E-state index in [9.17, 15) is 44.4 Å². The molecule has 8 unspecified atom stereocenters. The predicted molar refractivity (Wildman–Crippen MR) is 475 cm³/mol. The lowest BCUT2D eigenvalue weighted by molar-refractivity contribution is -0.270. The number of hydrogen-bond acceptors (Lipinski definition) is 32. The Balaban J connectivity index is 0.0000732. The molecule has 2 rings (SSSR count). The van der Waals surface area contributed by atoms with Gasteiger partial charge in [0.05, 0.1) is 79.9 Å². The van der Waals surface area contributed by atoms with Crippen molar-refractivity contribution in [3.8, 4) is 0 Å². The van der Waals surface area contributed by atoms with Gasteiger partial charge in [-0.05, 0) is 162 Å². The number of esters is 5. The highest BCUT2D eigenvalue weighted by Gasteiger charge is 2.60. The SMILES string of the molecule is P.[C-]#[N+]C(C)(CCC(=O)CCCOCCOCCC(=O)CCCCCCO[C@@H]1O[C@H](CO)[C@H](O)[C@H](O)[C@H]1NC(C)=O)CC(C)(CC(C)(CC(C)(CC(C)(CC(C)(CC(CCC)(SC(=S)SCC)C(=O)O)C(=O)OCCCC)C(=O)OCCN(C)C)C(=O)OCCOC)C(=O)OCCOCCNC(=O)OC(C)(C)C)C(=O)OCCSSc1ccccn1. The summed E-state index contributed by atoms with van der Waals surface area (Å²) < 4.78 is 68.4. The standard InChI is InChI=1S/C84H139N5O26S5.H3P/c1-18-21-40-109-74(102)82(12,59-84(34-19-2,69(96)97)119-76(116)117-20-3)57-80(10,70(98)110-44-38-89(15)16)55-78(8,71(99)111-49-45-104-17)54-79(9,72(100)112-50-48-107-43-37-87-75(103)115-77(5,6)7)56-81(11,73(101)113-51-52-118-120-64-31-25-26-36-86-64)58-83(13,85-14)35-32-61(92)30-28-39-105-46-47-106-42-33-62(93)29-24-22-23-27-41-108-68-65(88-60(4)91)67(95)66(94)63(53-90)114-68;/h25-26,31,36,63,65-68,90,94-95H,18-24,27-30,32-35,37-59H2,1-13,15-17H3,(H,87,103)(H,88,91)(H,96,97);1H3/t63-,65-,66+,67-,68-,78?,79?,80?,81?,82?,83?,84?;/m1./s1. The van der Waals surface area contributed by atoms with Crippen LogP contribution in [0.5, 0.6) is 0 Å². The summed E-state index contributed by atoms with van der Waals surface area (Å²) in [7, 11) is 7.67. The molecule has 694 valence electrons. The molecule has 0 spiro atoms. The molecule has 1 aliphatic heterocycles. The number of amides is 2. The number of nitrogens with one attached hydrogen (secondary N) is 2. The number of alkyl carbamates (subject to hydrolysis) is 1. The van der Waals surface area contributed by atoms with Crippen molar-refractivity contribution in [3.63, 3.8) is 0 Å². The van der Waals surface area contributed by atoms with Crippen molar-refractivity contribution in [1.29, 1.82) is 0 Å². The van der Waals surface area contributed by atoms with Gasteiger partial charge >= 0.3 is 41.9 Å². The van der Waals surface area contributed by atoms with Crippen molar-refractivity contribution < 1.29 is 125 Å². The highest BCUT2D eigenvalue weighted by atomic mass is 33.1. The number of unbranched alkanes of at least 4 members (excludes halogenated alkanes) is 4. The van der Waals surface area contributed by atoms with E-state index in [1.807, 2.05) is 32.9 Å². The van der Waals surface area contributed by atoms with Crippen LogP contribution in [0.2, 0.25) is 0 Å². The molecule has 0 bridgehead atoms. The molecule has 121 heavy (non-hydrogen) atoms. The van der Waals surface area contributed by atoms with Crippen molar-refractivity contribution in [2.75, 3.05) is 138 Å². The highest BCUT2D eigenvalue weighted by molar-refractivity contribution is 8.76. The van der Waals surface area contributed by atoms with Gasteiger partial charge in [0.25, 0.3) is 0 Å². The number of Topliss-reactive ketones (excluding diaryl/α,β-unsaturated/α-hetero) is 2. The van der Waals surface area contributed by atoms with E-state index in [-0.39, 0.29) is 158 Å². The van der Waals surface area contributed by atoms with Gasteiger partial charge in [-0.25, -0.2) is 16.4 Å². The van der Waals surface area contributed by atoms with Crippen molar-refractivity contribution in [3.05, 3.63) is 35.8 Å². The number of ether oxygens (including phenoxy) is 12. The number of pyridine rings is 1. The van der Waals surface area contributed by atoms with Crippen LogP contribution in [-0.2, 0) is 100.0 Å². The summed E-state index contributed by atoms with van der Waals surface area (Å²) >= 11 is 8.00. The molecule has 13 atom stereocenters. The zero-order chi connectivity index (χ0) is 90.2. The summed E-state index contributed by atoms with van der Waals surface area (Å²) in [6, 6.07) is 4.40. The first-order valence-corrected chi connectivity index (χ1v) is 46.0. The van der Waals surface area contributed by atoms with Gasteiger partial charge in [0.1, 0.15) is 81.3 Å². The Morgan fingerprint density at radius 2 is 1.15 bits per heavy atom. The first-order chi connectivity index (χ1) is 56.5.